The summed E-state index contributed by atoms with van der Waals surface area (Å²) in [5.74, 6) is 1.75. The summed E-state index contributed by atoms with van der Waals surface area (Å²) in [4.78, 5) is 19.7. The summed E-state index contributed by atoms with van der Waals surface area (Å²) in [6.07, 6.45) is 6.21. The number of nitrogens with zero attached hydrogens (tertiary/aromatic N) is 2. The number of amides is 1. The third kappa shape index (κ3) is 6.80. The Labute approximate surface area is 253 Å². The second kappa shape index (κ2) is 12.5. The first-order valence-corrected chi connectivity index (χ1v) is 15.2. The fraction of sp³-hybridized carbons (Fsp3) is 0.303. The fourth-order valence-electron chi connectivity index (χ4n) is 5.10. The van der Waals surface area contributed by atoms with Crippen LogP contribution >= 0.6 is 27.3 Å². The van der Waals surface area contributed by atoms with Crippen LogP contribution in [0.25, 0.3) is 0 Å². The van der Waals surface area contributed by atoms with Gasteiger partial charge in [0.15, 0.2) is 0 Å². The Balaban J connectivity index is 1.45. The Bertz CT molecular complexity index is 1610. The van der Waals surface area contributed by atoms with Gasteiger partial charge in [-0.3, -0.25) is 4.79 Å². The number of halogens is 1. The molecule has 0 saturated carbocycles. The van der Waals surface area contributed by atoms with E-state index in [4.69, 9.17) is 14.1 Å². The van der Waals surface area contributed by atoms with Crippen molar-refractivity contribution in [2.75, 3.05) is 0 Å². The van der Waals surface area contributed by atoms with Crippen LogP contribution in [0.3, 0.4) is 0 Å². The van der Waals surface area contributed by atoms with Crippen molar-refractivity contribution in [2.24, 2.45) is 16.3 Å². The minimum absolute atomic E-state index is 0.140. The standard InChI is InChI=1S/C33H32BrN3O3S/c1-33(2,3)24-10-12-27-29(16-24)41-32(30(27)31(38)36-19-26-9-6-14-39-26)37-18-23-15-25(34)11-13-28(23)40-20-22-8-5-4-7-21(22)17-35/h4-9,11,13-15,18,24H,10,12,16,19-20H2,1-3H3,(H,36,38)/t24-/m0/s1. The van der Waals surface area contributed by atoms with Gasteiger partial charge in [0.1, 0.15) is 23.1 Å². The molecule has 8 heteroatoms. The van der Waals surface area contributed by atoms with Crippen molar-refractivity contribution in [2.45, 2.75) is 53.2 Å². The van der Waals surface area contributed by atoms with Crippen molar-refractivity contribution in [1.29, 1.82) is 5.26 Å². The molecule has 1 N–H and O–H groups in total. The van der Waals surface area contributed by atoms with E-state index in [1.807, 2.05) is 48.5 Å². The average Bonchev–Trinajstić information content (AvgIpc) is 3.61. The molecule has 2 aromatic carbocycles. The molecule has 0 radical (unpaired) electrons. The molecule has 4 aromatic rings. The monoisotopic (exact) mass is 629 g/mol. The van der Waals surface area contributed by atoms with Gasteiger partial charge < -0.3 is 14.5 Å². The number of fused-ring (bicyclic) bond motifs is 1. The molecule has 1 aliphatic rings. The highest BCUT2D eigenvalue weighted by molar-refractivity contribution is 9.10. The third-order valence-corrected chi connectivity index (χ3v) is 9.17. The lowest BCUT2D eigenvalue weighted by atomic mass is 9.72. The molecule has 1 amide bonds. The van der Waals surface area contributed by atoms with Gasteiger partial charge in [-0.2, -0.15) is 5.26 Å². The summed E-state index contributed by atoms with van der Waals surface area (Å²) in [5, 5.41) is 13.2. The Morgan fingerprint density at radius 2 is 2.07 bits per heavy atom. The van der Waals surface area contributed by atoms with Crippen molar-refractivity contribution in [3.05, 3.63) is 104 Å². The molecule has 41 heavy (non-hydrogen) atoms. The largest absolute Gasteiger partial charge is 0.488 e. The zero-order valence-corrected chi connectivity index (χ0v) is 25.8. The molecule has 5 rings (SSSR count). The molecular weight excluding hydrogens is 598 g/mol. The number of furan rings is 1. The predicted molar refractivity (Wildman–Crippen MR) is 166 cm³/mol. The Morgan fingerprint density at radius 1 is 1.24 bits per heavy atom. The smallest absolute Gasteiger partial charge is 0.255 e. The maximum Gasteiger partial charge on any atom is 0.255 e. The zero-order chi connectivity index (χ0) is 29.0. The summed E-state index contributed by atoms with van der Waals surface area (Å²) in [6.45, 7) is 7.44. The molecule has 1 aliphatic carbocycles. The van der Waals surface area contributed by atoms with Crippen LogP contribution in [0.5, 0.6) is 5.75 Å². The minimum Gasteiger partial charge on any atom is -0.488 e. The first kappa shape index (κ1) is 28.8. The minimum atomic E-state index is -0.140. The molecule has 6 nitrogen and oxygen atoms in total. The van der Waals surface area contributed by atoms with Gasteiger partial charge >= 0.3 is 0 Å². The van der Waals surface area contributed by atoms with Crippen molar-refractivity contribution >= 4 is 44.4 Å². The van der Waals surface area contributed by atoms with Gasteiger partial charge in [-0.1, -0.05) is 54.9 Å². The van der Waals surface area contributed by atoms with E-state index in [1.54, 1.807) is 29.9 Å². The van der Waals surface area contributed by atoms with E-state index in [1.165, 1.54) is 4.88 Å². The number of benzene rings is 2. The second-order valence-electron chi connectivity index (χ2n) is 11.2. The van der Waals surface area contributed by atoms with Crippen LogP contribution in [-0.4, -0.2) is 12.1 Å². The Hall–Kier alpha value is -3.67. The van der Waals surface area contributed by atoms with Crippen LogP contribution in [0, 0.1) is 22.7 Å². The Morgan fingerprint density at radius 3 is 2.83 bits per heavy atom. The summed E-state index contributed by atoms with van der Waals surface area (Å²) in [5.41, 5.74) is 4.13. The number of carbonyl (C=O) groups excluding carboxylic acids is 1. The van der Waals surface area contributed by atoms with Crippen molar-refractivity contribution in [1.82, 2.24) is 5.32 Å². The zero-order valence-electron chi connectivity index (χ0n) is 23.4. The van der Waals surface area contributed by atoms with Crippen LogP contribution in [0.1, 0.15) is 70.4 Å². The maximum atomic E-state index is 13.5. The van der Waals surface area contributed by atoms with E-state index in [2.05, 4.69) is 48.1 Å². The average molecular weight is 631 g/mol. The first-order valence-electron chi connectivity index (χ1n) is 13.6. The highest BCUT2D eigenvalue weighted by atomic mass is 79.9. The number of nitrogens with one attached hydrogen (secondary N) is 1. The molecular formula is C33H32BrN3O3S. The quantitative estimate of drug-likeness (QED) is 0.198. The van der Waals surface area contributed by atoms with Crippen LogP contribution in [0.15, 0.2) is 74.7 Å². The number of aliphatic imine (C=N–C) groups is 1. The van der Waals surface area contributed by atoms with E-state index < -0.39 is 0 Å². The molecule has 0 fully saturated rings. The second-order valence-corrected chi connectivity index (χ2v) is 13.2. The lowest BCUT2D eigenvalue weighted by Gasteiger charge is -2.33. The van der Waals surface area contributed by atoms with Gasteiger partial charge in [0.25, 0.3) is 5.91 Å². The van der Waals surface area contributed by atoms with Crippen molar-refractivity contribution < 1.29 is 13.9 Å². The number of thiophene rings is 1. The van der Waals surface area contributed by atoms with Crippen LogP contribution in [0.4, 0.5) is 5.00 Å². The number of hydrogen-bond donors (Lipinski definition) is 1. The van der Waals surface area contributed by atoms with Crippen LogP contribution in [-0.2, 0) is 26.0 Å². The van der Waals surface area contributed by atoms with Gasteiger partial charge in [-0.05, 0) is 72.6 Å². The Kier molecular flexibility index (Phi) is 8.77. The predicted octanol–water partition coefficient (Wildman–Crippen LogP) is 8.39. The van der Waals surface area contributed by atoms with Crippen LogP contribution in [0.2, 0.25) is 0 Å². The normalized spacial score (nSPS) is 15.0. The molecule has 0 bridgehead atoms. The van der Waals surface area contributed by atoms with Gasteiger partial charge in [0.05, 0.1) is 30.0 Å². The summed E-state index contributed by atoms with van der Waals surface area (Å²) in [7, 11) is 0. The molecule has 1 atom stereocenters. The molecule has 0 aliphatic heterocycles. The molecule has 2 heterocycles. The summed E-state index contributed by atoms with van der Waals surface area (Å²) in [6, 6.07) is 19.0. The number of hydrogen-bond acceptors (Lipinski definition) is 6. The SMILES string of the molecule is CC(C)(C)[C@H]1CCc2c(sc(N=Cc3cc(Br)ccc3OCc3ccccc3C#N)c2C(=O)NCc2ccco2)C1. The summed E-state index contributed by atoms with van der Waals surface area (Å²) < 4.78 is 12.5. The van der Waals surface area contributed by atoms with Crippen LogP contribution < -0.4 is 10.1 Å². The van der Waals surface area contributed by atoms with E-state index in [9.17, 15) is 10.1 Å². The molecule has 210 valence electrons. The van der Waals surface area contributed by atoms with Gasteiger partial charge in [0, 0.05) is 26.7 Å². The lowest BCUT2D eigenvalue weighted by Crippen LogP contribution is -2.28. The number of rotatable bonds is 8. The van der Waals surface area contributed by atoms with E-state index in [-0.39, 0.29) is 17.9 Å². The van der Waals surface area contributed by atoms with Gasteiger partial charge in [-0.15, -0.1) is 11.3 Å². The number of carbonyl (C=O) groups is 1. The molecule has 0 unspecified atom stereocenters. The van der Waals surface area contributed by atoms with E-state index >= 15 is 0 Å². The van der Waals surface area contributed by atoms with Crippen molar-refractivity contribution in [3.63, 3.8) is 0 Å². The lowest BCUT2D eigenvalue weighted by molar-refractivity contribution is 0.0947. The molecule has 2 aromatic heterocycles. The van der Waals surface area contributed by atoms with E-state index in [0.717, 1.165) is 40.4 Å². The number of nitriles is 1. The van der Waals surface area contributed by atoms with Gasteiger partial charge in [0.2, 0.25) is 0 Å². The fourth-order valence-corrected chi connectivity index (χ4v) is 6.74. The third-order valence-electron chi connectivity index (χ3n) is 7.52. The summed E-state index contributed by atoms with van der Waals surface area (Å²) >= 11 is 5.17. The van der Waals surface area contributed by atoms with Crippen molar-refractivity contribution in [3.8, 4) is 11.8 Å². The highest BCUT2D eigenvalue weighted by Gasteiger charge is 2.33. The van der Waals surface area contributed by atoms with E-state index in [0.29, 0.717) is 40.1 Å². The van der Waals surface area contributed by atoms with Gasteiger partial charge in [-0.25, -0.2) is 4.99 Å². The first-order chi connectivity index (χ1) is 19.7. The number of ether oxygens (including phenoxy) is 1. The topological polar surface area (TPSA) is 87.6 Å². The highest BCUT2D eigenvalue weighted by Crippen LogP contribution is 2.45. The molecule has 0 spiro atoms. The molecule has 0 saturated heterocycles. The maximum absolute atomic E-state index is 13.5.